The number of hydrogen-bond acceptors (Lipinski definition) is 7. The Morgan fingerprint density at radius 2 is 1.93 bits per heavy atom. The van der Waals surface area contributed by atoms with Crippen LogP contribution in [0.25, 0.3) is 21.7 Å². The van der Waals surface area contributed by atoms with Gasteiger partial charge < -0.3 is 9.15 Å². The standard InChI is InChI=1S/C21H19N3O3S/c1-13-7-9-15(10-8-13)21-24-23-20(27-21)14(2)26-19(25)12-11-18-22-16-5-3-4-6-17(16)28-18/h3-10,14H,11-12H2,1-2H3/t14-/m1/s1. The lowest BCUT2D eigenvalue weighted by Gasteiger charge is -2.08. The first kappa shape index (κ1) is 18.3. The lowest BCUT2D eigenvalue weighted by Crippen LogP contribution is -2.10. The molecule has 0 saturated heterocycles. The van der Waals surface area contributed by atoms with Gasteiger partial charge in [0.05, 0.1) is 21.6 Å². The summed E-state index contributed by atoms with van der Waals surface area (Å²) in [5.41, 5.74) is 2.94. The molecule has 28 heavy (non-hydrogen) atoms. The molecule has 4 rings (SSSR count). The molecule has 7 heteroatoms. The maximum Gasteiger partial charge on any atom is 0.306 e. The van der Waals surface area contributed by atoms with Crippen LogP contribution >= 0.6 is 11.3 Å². The molecule has 0 bridgehead atoms. The van der Waals surface area contributed by atoms with Gasteiger partial charge in [0, 0.05) is 12.0 Å². The van der Waals surface area contributed by atoms with Crippen LogP contribution in [0.1, 0.15) is 35.9 Å². The molecule has 2 aromatic heterocycles. The zero-order valence-electron chi connectivity index (χ0n) is 15.6. The topological polar surface area (TPSA) is 78.1 Å². The molecule has 0 amide bonds. The molecule has 0 aliphatic heterocycles. The number of ether oxygens (including phenoxy) is 1. The molecule has 1 atom stereocenters. The molecule has 0 radical (unpaired) electrons. The normalized spacial score (nSPS) is 12.2. The Bertz CT molecular complexity index is 1070. The second-order valence-electron chi connectivity index (χ2n) is 6.52. The van der Waals surface area contributed by atoms with Gasteiger partial charge >= 0.3 is 5.97 Å². The van der Waals surface area contributed by atoms with E-state index in [9.17, 15) is 4.79 Å². The van der Waals surface area contributed by atoms with Crippen LogP contribution in [0.5, 0.6) is 0 Å². The maximum absolute atomic E-state index is 12.2. The third-order valence-corrected chi connectivity index (χ3v) is 5.37. The molecule has 0 aliphatic rings. The number of fused-ring (bicyclic) bond motifs is 1. The van der Waals surface area contributed by atoms with Crippen molar-refractivity contribution in [1.29, 1.82) is 0 Å². The van der Waals surface area contributed by atoms with E-state index in [4.69, 9.17) is 9.15 Å². The fourth-order valence-electron chi connectivity index (χ4n) is 2.75. The summed E-state index contributed by atoms with van der Waals surface area (Å²) in [6.45, 7) is 3.74. The number of esters is 1. The largest absolute Gasteiger partial charge is 0.453 e. The predicted molar refractivity (Wildman–Crippen MR) is 107 cm³/mol. The average Bonchev–Trinajstić information content (AvgIpc) is 3.34. The maximum atomic E-state index is 12.2. The van der Waals surface area contributed by atoms with Crippen LogP contribution in [-0.4, -0.2) is 21.2 Å². The molecule has 0 unspecified atom stereocenters. The van der Waals surface area contributed by atoms with Gasteiger partial charge in [-0.3, -0.25) is 4.79 Å². The number of hydrogen-bond donors (Lipinski definition) is 0. The molecule has 0 spiro atoms. The number of nitrogens with zero attached hydrogens (tertiary/aromatic N) is 3. The van der Waals surface area contributed by atoms with Crippen molar-refractivity contribution in [2.24, 2.45) is 0 Å². The molecule has 0 saturated carbocycles. The molecular formula is C21H19N3O3S. The third kappa shape index (κ3) is 4.09. The number of benzene rings is 2. The highest BCUT2D eigenvalue weighted by atomic mass is 32.1. The second-order valence-corrected chi connectivity index (χ2v) is 7.63. The predicted octanol–water partition coefficient (Wildman–Crippen LogP) is 4.89. The summed E-state index contributed by atoms with van der Waals surface area (Å²) >= 11 is 1.60. The number of para-hydroxylation sites is 1. The van der Waals surface area contributed by atoms with Gasteiger partial charge in [-0.1, -0.05) is 29.8 Å². The van der Waals surface area contributed by atoms with E-state index in [1.54, 1.807) is 18.3 Å². The van der Waals surface area contributed by atoms with Gasteiger partial charge in [0.15, 0.2) is 6.10 Å². The summed E-state index contributed by atoms with van der Waals surface area (Å²) < 4.78 is 12.2. The summed E-state index contributed by atoms with van der Waals surface area (Å²) in [6, 6.07) is 15.7. The highest BCUT2D eigenvalue weighted by Crippen LogP contribution is 2.24. The monoisotopic (exact) mass is 393 g/mol. The molecule has 6 nitrogen and oxygen atoms in total. The Hall–Kier alpha value is -3.06. The summed E-state index contributed by atoms with van der Waals surface area (Å²) in [5.74, 6) is 0.373. The second kappa shape index (κ2) is 7.90. The summed E-state index contributed by atoms with van der Waals surface area (Å²) in [6.07, 6.45) is 0.196. The van der Waals surface area contributed by atoms with Crippen LogP contribution in [0.4, 0.5) is 0 Å². The van der Waals surface area contributed by atoms with Crippen molar-refractivity contribution in [3.63, 3.8) is 0 Å². The Morgan fingerprint density at radius 3 is 2.71 bits per heavy atom. The van der Waals surface area contributed by atoms with Gasteiger partial charge in [-0.05, 0) is 38.1 Å². The number of carbonyl (C=O) groups is 1. The van der Waals surface area contributed by atoms with E-state index < -0.39 is 6.10 Å². The first-order valence-corrected chi connectivity index (χ1v) is 9.84. The van der Waals surface area contributed by atoms with Crippen LogP contribution < -0.4 is 0 Å². The van der Waals surface area contributed by atoms with Crippen molar-refractivity contribution in [3.05, 3.63) is 65.0 Å². The summed E-state index contributed by atoms with van der Waals surface area (Å²) in [7, 11) is 0. The fourth-order valence-corrected chi connectivity index (χ4v) is 3.72. The van der Waals surface area contributed by atoms with Gasteiger partial charge in [-0.15, -0.1) is 21.5 Å². The smallest absolute Gasteiger partial charge is 0.306 e. The molecule has 2 heterocycles. The molecule has 0 N–H and O–H groups in total. The SMILES string of the molecule is Cc1ccc(-c2nnc([C@@H](C)OC(=O)CCc3nc4ccccc4s3)o2)cc1. The molecule has 142 valence electrons. The summed E-state index contributed by atoms with van der Waals surface area (Å²) in [4.78, 5) is 16.7. The van der Waals surface area contributed by atoms with E-state index in [2.05, 4.69) is 15.2 Å². The van der Waals surface area contributed by atoms with Gasteiger partial charge in [-0.25, -0.2) is 4.98 Å². The van der Waals surface area contributed by atoms with Crippen LogP contribution in [0.2, 0.25) is 0 Å². The van der Waals surface area contributed by atoms with Crippen molar-refractivity contribution in [2.75, 3.05) is 0 Å². The number of thiazole rings is 1. The van der Waals surface area contributed by atoms with Gasteiger partial charge in [0.25, 0.3) is 5.89 Å². The number of carbonyl (C=O) groups excluding carboxylic acids is 1. The lowest BCUT2D eigenvalue weighted by molar-refractivity contribution is -0.149. The minimum absolute atomic E-state index is 0.253. The van der Waals surface area contributed by atoms with E-state index >= 15 is 0 Å². The minimum atomic E-state index is -0.602. The average molecular weight is 393 g/mol. The zero-order chi connectivity index (χ0) is 19.5. The fraction of sp³-hybridized carbons (Fsp3) is 0.238. The van der Waals surface area contributed by atoms with E-state index in [0.29, 0.717) is 12.3 Å². The van der Waals surface area contributed by atoms with Crippen molar-refractivity contribution < 1.29 is 13.9 Å². The van der Waals surface area contributed by atoms with Crippen LogP contribution in [0.15, 0.2) is 52.9 Å². The Labute approximate surface area is 166 Å². The Morgan fingerprint density at radius 1 is 1.14 bits per heavy atom. The molecule has 0 aliphatic carbocycles. The van der Waals surface area contributed by atoms with Gasteiger partial charge in [0.2, 0.25) is 5.89 Å². The summed E-state index contributed by atoms with van der Waals surface area (Å²) in [5, 5.41) is 8.98. The first-order chi connectivity index (χ1) is 13.6. The molecular weight excluding hydrogens is 374 g/mol. The molecule has 4 aromatic rings. The van der Waals surface area contributed by atoms with Crippen molar-refractivity contribution in [2.45, 2.75) is 32.8 Å². The number of rotatable bonds is 6. The van der Waals surface area contributed by atoms with E-state index in [1.165, 1.54) is 0 Å². The number of aryl methyl sites for hydroxylation is 2. The van der Waals surface area contributed by atoms with Crippen LogP contribution in [0, 0.1) is 6.92 Å². The van der Waals surface area contributed by atoms with E-state index in [0.717, 1.165) is 26.4 Å². The Kier molecular flexibility index (Phi) is 5.16. The number of aromatic nitrogens is 3. The third-order valence-electron chi connectivity index (χ3n) is 4.28. The quantitative estimate of drug-likeness (QED) is 0.434. The highest BCUT2D eigenvalue weighted by molar-refractivity contribution is 7.18. The van der Waals surface area contributed by atoms with E-state index in [1.807, 2.05) is 55.5 Å². The first-order valence-electron chi connectivity index (χ1n) is 9.03. The van der Waals surface area contributed by atoms with Crippen LogP contribution in [0.3, 0.4) is 0 Å². The molecule has 2 aromatic carbocycles. The van der Waals surface area contributed by atoms with Gasteiger partial charge in [-0.2, -0.15) is 0 Å². The van der Waals surface area contributed by atoms with Crippen molar-refractivity contribution in [3.8, 4) is 11.5 Å². The van der Waals surface area contributed by atoms with E-state index in [-0.39, 0.29) is 18.3 Å². The zero-order valence-corrected chi connectivity index (χ0v) is 16.4. The van der Waals surface area contributed by atoms with Crippen molar-refractivity contribution in [1.82, 2.24) is 15.2 Å². The van der Waals surface area contributed by atoms with Crippen LogP contribution in [-0.2, 0) is 16.0 Å². The van der Waals surface area contributed by atoms with Gasteiger partial charge in [0.1, 0.15) is 0 Å². The highest BCUT2D eigenvalue weighted by Gasteiger charge is 2.19. The lowest BCUT2D eigenvalue weighted by atomic mass is 10.1. The molecule has 0 fully saturated rings. The van der Waals surface area contributed by atoms with Crippen molar-refractivity contribution >= 4 is 27.5 Å². The Balaban J connectivity index is 1.34. The minimum Gasteiger partial charge on any atom is -0.453 e.